The van der Waals surface area contributed by atoms with Crippen LogP contribution in [0.1, 0.15) is 33.1 Å². The van der Waals surface area contributed by atoms with Crippen LogP contribution >= 0.6 is 0 Å². The van der Waals surface area contributed by atoms with E-state index in [-0.39, 0.29) is 0 Å². The SMILES string of the molecule is C=C(C)C1CCNC(C)CC1. The highest BCUT2D eigenvalue weighted by Gasteiger charge is 2.15. The molecule has 2 atom stereocenters. The molecule has 0 aromatic heterocycles. The Morgan fingerprint density at radius 1 is 1.36 bits per heavy atom. The molecule has 1 aliphatic rings. The van der Waals surface area contributed by atoms with Crippen LogP contribution in [0.15, 0.2) is 12.2 Å². The van der Waals surface area contributed by atoms with Crippen LogP contribution in [-0.4, -0.2) is 12.6 Å². The summed E-state index contributed by atoms with van der Waals surface area (Å²) < 4.78 is 0. The summed E-state index contributed by atoms with van der Waals surface area (Å²) in [6.45, 7) is 9.60. The highest BCUT2D eigenvalue weighted by Crippen LogP contribution is 2.22. The van der Waals surface area contributed by atoms with Gasteiger partial charge in [0.15, 0.2) is 0 Å². The first-order valence-corrected chi connectivity index (χ1v) is 4.59. The van der Waals surface area contributed by atoms with Gasteiger partial charge in [-0.3, -0.25) is 0 Å². The lowest BCUT2D eigenvalue weighted by molar-refractivity contribution is 0.528. The summed E-state index contributed by atoms with van der Waals surface area (Å²) in [5.74, 6) is 0.771. The minimum absolute atomic E-state index is 0.708. The lowest BCUT2D eigenvalue weighted by Crippen LogP contribution is -2.24. The lowest BCUT2D eigenvalue weighted by Gasteiger charge is -2.12. The van der Waals surface area contributed by atoms with Crippen LogP contribution in [0, 0.1) is 5.92 Å². The van der Waals surface area contributed by atoms with Gasteiger partial charge in [-0.15, -0.1) is 0 Å². The largest absolute Gasteiger partial charge is 0.314 e. The quantitative estimate of drug-likeness (QED) is 0.570. The molecule has 0 radical (unpaired) electrons. The summed E-state index contributed by atoms with van der Waals surface area (Å²) in [5, 5.41) is 3.49. The van der Waals surface area contributed by atoms with Gasteiger partial charge < -0.3 is 5.32 Å². The van der Waals surface area contributed by atoms with Gasteiger partial charge in [-0.1, -0.05) is 12.2 Å². The Balaban J connectivity index is 2.40. The number of allylic oxidation sites excluding steroid dienone is 1. The van der Waals surface area contributed by atoms with Crippen molar-refractivity contribution in [3.8, 4) is 0 Å². The number of rotatable bonds is 1. The van der Waals surface area contributed by atoms with E-state index >= 15 is 0 Å². The van der Waals surface area contributed by atoms with E-state index < -0.39 is 0 Å². The van der Waals surface area contributed by atoms with Crippen LogP contribution in [0.4, 0.5) is 0 Å². The van der Waals surface area contributed by atoms with Crippen LogP contribution in [0.3, 0.4) is 0 Å². The highest BCUT2D eigenvalue weighted by molar-refractivity contribution is 4.97. The molecule has 1 heteroatoms. The predicted octanol–water partition coefficient (Wildman–Crippen LogP) is 2.34. The Morgan fingerprint density at radius 2 is 2.09 bits per heavy atom. The maximum Gasteiger partial charge on any atom is 0.00389 e. The molecule has 11 heavy (non-hydrogen) atoms. The Morgan fingerprint density at radius 3 is 2.73 bits per heavy atom. The zero-order valence-electron chi connectivity index (χ0n) is 7.69. The third-order valence-electron chi connectivity index (χ3n) is 2.63. The first-order chi connectivity index (χ1) is 5.20. The fourth-order valence-electron chi connectivity index (χ4n) is 1.69. The van der Waals surface area contributed by atoms with Gasteiger partial charge in [0.2, 0.25) is 0 Å². The summed E-state index contributed by atoms with van der Waals surface area (Å²) in [6, 6.07) is 0.708. The monoisotopic (exact) mass is 153 g/mol. The van der Waals surface area contributed by atoms with Crippen molar-refractivity contribution in [2.24, 2.45) is 5.92 Å². The molecule has 0 saturated carbocycles. The van der Waals surface area contributed by atoms with Crippen molar-refractivity contribution in [1.82, 2.24) is 5.32 Å². The van der Waals surface area contributed by atoms with Gasteiger partial charge >= 0.3 is 0 Å². The van der Waals surface area contributed by atoms with E-state index in [1.54, 1.807) is 0 Å². The van der Waals surface area contributed by atoms with Crippen LogP contribution in [-0.2, 0) is 0 Å². The van der Waals surface area contributed by atoms with E-state index in [0.717, 1.165) is 5.92 Å². The second-order valence-corrected chi connectivity index (χ2v) is 3.76. The summed E-state index contributed by atoms with van der Waals surface area (Å²) in [6.07, 6.45) is 3.90. The van der Waals surface area contributed by atoms with Crippen molar-refractivity contribution in [2.45, 2.75) is 39.2 Å². The molecule has 1 nitrogen and oxygen atoms in total. The number of hydrogen-bond acceptors (Lipinski definition) is 1. The summed E-state index contributed by atoms with van der Waals surface area (Å²) >= 11 is 0. The molecule has 1 heterocycles. The van der Waals surface area contributed by atoms with Crippen LogP contribution in [0.2, 0.25) is 0 Å². The van der Waals surface area contributed by atoms with Gasteiger partial charge in [0.25, 0.3) is 0 Å². The van der Waals surface area contributed by atoms with E-state index in [2.05, 4.69) is 25.7 Å². The molecular weight excluding hydrogens is 134 g/mol. The van der Waals surface area contributed by atoms with Gasteiger partial charge in [-0.25, -0.2) is 0 Å². The van der Waals surface area contributed by atoms with Crippen LogP contribution < -0.4 is 5.32 Å². The van der Waals surface area contributed by atoms with Crippen molar-refractivity contribution in [1.29, 1.82) is 0 Å². The first-order valence-electron chi connectivity index (χ1n) is 4.59. The molecule has 1 rings (SSSR count). The molecule has 0 aliphatic carbocycles. The molecule has 0 amide bonds. The van der Waals surface area contributed by atoms with Crippen LogP contribution in [0.25, 0.3) is 0 Å². The second-order valence-electron chi connectivity index (χ2n) is 3.76. The molecule has 0 aromatic carbocycles. The van der Waals surface area contributed by atoms with Gasteiger partial charge in [0, 0.05) is 6.04 Å². The smallest absolute Gasteiger partial charge is 0.00389 e. The highest BCUT2D eigenvalue weighted by atomic mass is 14.9. The van der Waals surface area contributed by atoms with Crippen molar-refractivity contribution in [2.75, 3.05) is 6.54 Å². The Hall–Kier alpha value is -0.300. The second kappa shape index (κ2) is 3.91. The normalized spacial score (nSPS) is 32.9. The van der Waals surface area contributed by atoms with Crippen molar-refractivity contribution >= 4 is 0 Å². The molecule has 2 unspecified atom stereocenters. The zero-order chi connectivity index (χ0) is 8.27. The van der Waals surface area contributed by atoms with Crippen LogP contribution in [0.5, 0.6) is 0 Å². The summed E-state index contributed by atoms with van der Waals surface area (Å²) in [5.41, 5.74) is 1.36. The van der Waals surface area contributed by atoms with E-state index in [4.69, 9.17) is 0 Å². The summed E-state index contributed by atoms with van der Waals surface area (Å²) in [4.78, 5) is 0. The van der Waals surface area contributed by atoms with Crippen molar-refractivity contribution in [3.63, 3.8) is 0 Å². The standard InChI is InChI=1S/C10H19N/c1-8(2)10-5-4-9(3)11-7-6-10/h9-11H,1,4-7H2,2-3H3. The van der Waals surface area contributed by atoms with Gasteiger partial charge in [0.1, 0.15) is 0 Å². The Labute approximate surface area is 69.9 Å². The van der Waals surface area contributed by atoms with Crippen molar-refractivity contribution in [3.05, 3.63) is 12.2 Å². The summed E-state index contributed by atoms with van der Waals surface area (Å²) in [7, 11) is 0. The molecule has 0 spiro atoms. The maximum absolute atomic E-state index is 4.02. The van der Waals surface area contributed by atoms with Gasteiger partial charge in [-0.05, 0) is 45.6 Å². The van der Waals surface area contributed by atoms with E-state index in [1.807, 2.05) is 0 Å². The van der Waals surface area contributed by atoms with E-state index in [1.165, 1.54) is 31.4 Å². The number of nitrogens with one attached hydrogen (secondary N) is 1. The first kappa shape index (κ1) is 8.79. The third-order valence-corrected chi connectivity index (χ3v) is 2.63. The Bertz CT molecular complexity index is 140. The maximum atomic E-state index is 4.02. The predicted molar refractivity (Wildman–Crippen MR) is 49.6 cm³/mol. The fraction of sp³-hybridized carbons (Fsp3) is 0.800. The topological polar surface area (TPSA) is 12.0 Å². The van der Waals surface area contributed by atoms with E-state index in [0.29, 0.717) is 6.04 Å². The molecule has 0 aromatic rings. The molecule has 64 valence electrons. The third kappa shape index (κ3) is 2.66. The van der Waals surface area contributed by atoms with Gasteiger partial charge in [-0.2, -0.15) is 0 Å². The molecular formula is C10H19N. The zero-order valence-corrected chi connectivity index (χ0v) is 7.69. The lowest BCUT2D eigenvalue weighted by atomic mass is 9.93. The minimum Gasteiger partial charge on any atom is -0.314 e. The minimum atomic E-state index is 0.708. The fourth-order valence-corrected chi connectivity index (χ4v) is 1.69. The molecule has 1 N–H and O–H groups in total. The molecule has 0 bridgehead atoms. The Kier molecular flexibility index (Phi) is 3.13. The number of hydrogen-bond donors (Lipinski definition) is 1. The van der Waals surface area contributed by atoms with Gasteiger partial charge in [0.05, 0.1) is 0 Å². The van der Waals surface area contributed by atoms with E-state index in [9.17, 15) is 0 Å². The molecule has 1 aliphatic heterocycles. The molecule has 1 saturated heterocycles. The molecule has 1 fully saturated rings. The average Bonchev–Trinajstić information content (AvgIpc) is 2.13. The average molecular weight is 153 g/mol. The van der Waals surface area contributed by atoms with Crippen molar-refractivity contribution < 1.29 is 0 Å².